The number of amides is 1. The molecule has 2 rings (SSSR count). The first kappa shape index (κ1) is 12.7. The van der Waals surface area contributed by atoms with Crippen LogP contribution in [0.2, 0.25) is 0 Å². The van der Waals surface area contributed by atoms with E-state index in [1.807, 2.05) is 37.3 Å². The lowest BCUT2D eigenvalue weighted by atomic mass is 9.87. The van der Waals surface area contributed by atoms with Crippen LogP contribution in [-0.4, -0.2) is 11.7 Å². The molecule has 0 spiro atoms. The molecule has 0 saturated carbocycles. The average Bonchev–Trinajstić information content (AvgIpc) is 2.39. The van der Waals surface area contributed by atoms with Crippen molar-refractivity contribution in [2.24, 2.45) is 0 Å². The number of nitrogens with zero attached hydrogens (tertiary/aromatic N) is 1. The minimum atomic E-state index is -0.112. The summed E-state index contributed by atoms with van der Waals surface area (Å²) in [4.78, 5) is 11.7. The lowest BCUT2D eigenvalue weighted by molar-refractivity contribution is -0.120. The summed E-state index contributed by atoms with van der Waals surface area (Å²) in [7, 11) is 0. The predicted molar refractivity (Wildman–Crippen MR) is 72.7 cm³/mol. The Bertz CT molecular complexity index is 516. The third kappa shape index (κ3) is 2.57. The molecular weight excluding hydrogens is 244 g/mol. The van der Waals surface area contributed by atoms with Crippen LogP contribution >= 0.6 is 11.8 Å². The van der Waals surface area contributed by atoms with Crippen LogP contribution in [0, 0.1) is 11.3 Å². The summed E-state index contributed by atoms with van der Waals surface area (Å²) in [6.45, 7) is 2.00. The van der Waals surface area contributed by atoms with E-state index in [0.717, 1.165) is 11.3 Å². The number of nitrogens with one attached hydrogen (secondary N) is 1. The lowest BCUT2D eigenvalue weighted by Crippen LogP contribution is -2.30. The first-order valence-electron chi connectivity index (χ1n) is 5.88. The van der Waals surface area contributed by atoms with Gasteiger partial charge in [-0.05, 0) is 11.3 Å². The van der Waals surface area contributed by atoms with E-state index >= 15 is 0 Å². The molecular formula is C14H14N2OS. The topological polar surface area (TPSA) is 52.9 Å². The van der Waals surface area contributed by atoms with E-state index in [9.17, 15) is 10.1 Å². The Balaban J connectivity index is 2.42. The number of rotatable bonds is 3. The maximum atomic E-state index is 11.7. The Hall–Kier alpha value is -1.73. The molecule has 1 aromatic rings. The minimum absolute atomic E-state index is 0.0150. The first-order chi connectivity index (χ1) is 8.76. The highest BCUT2D eigenvalue weighted by atomic mass is 32.2. The molecule has 1 N–H and O–H groups in total. The summed E-state index contributed by atoms with van der Waals surface area (Å²) in [5.74, 6) is 0.709. The third-order valence-corrected chi connectivity index (χ3v) is 3.75. The zero-order valence-corrected chi connectivity index (χ0v) is 11.0. The van der Waals surface area contributed by atoms with E-state index in [0.29, 0.717) is 17.0 Å². The number of hydrogen-bond donors (Lipinski definition) is 1. The molecule has 4 heteroatoms. The largest absolute Gasteiger partial charge is 0.320 e. The van der Waals surface area contributed by atoms with Crippen LogP contribution in [0.1, 0.15) is 24.8 Å². The maximum Gasteiger partial charge on any atom is 0.225 e. The van der Waals surface area contributed by atoms with Crippen LogP contribution in [-0.2, 0) is 4.79 Å². The van der Waals surface area contributed by atoms with E-state index in [4.69, 9.17) is 0 Å². The molecule has 1 aliphatic heterocycles. The molecule has 0 saturated heterocycles. The molecule has 3 nitrogen and oxygen atoms in total. The SMILES string of the molecule is CCSC1=C(C#N)[C@H](c2ccccc2)CC(=O)N1. The highest BCUT2D eigenvalue weighted by molar-refractivity contribution is 8.03. The Kier molecular flexibility index (Phi) is 4.06. The molecule has 92 valence electrons. The number of carbonyl (C=O) groups is 1. The van der Waals surface area contributed by atoms with E-state index in [2.05, 4.69) is 11.4 Å². The fraction of sp³-hybridized carbons (Fsp3) is 0.286. The molecule has 1 amide bonds. The summed E-state index contributed by atoms with van der Waals surface area (Å²) in [6, 6.07) is 12.0. The minimum Gasteiger partial charge on any atom is -0.320 e. The van der Waals surface area contributed by atoms with Gasteiger partial charge in [0.15, 0.2) is 0 Å². The second-order valence-corrected chi connectivity index (χ2v) is 5.28. The second-order valence-electron chi connectivity index (χ2n) is 4.00. The van der Waals surface area contributed by atoms with E-state index < -0.39 is 0 Å². The smallest absolute Gasteiger partial charge is 0.225 e. The van der Waals surface area contributed by atoms with E-state index in [1.54, 1.807) is 0 Å². The van der Waals surface area contributed by atoms with Gasteiger partial charge in [0, 0.05) is 12.3 Å². The fourth-order valence-corrected chi connectivity index (χ4v) is 2.87. The Labute approximate surface area is 111 Å². The predicted octanol–water partition coefficient (Wildman–Crippen LogP) is 2.78. The molecule has 0 aliphatic carbocycles. The summed E-state index contributed by atoms with van der Waals surface area (Å²) in [6.07, 6.45) is 0.348. The zero-order valence-electron chi connectivity index (χ0n) is 10.1. The van der Waals surface area contributed by atoms with Gasteiger partial charge < -0.3 is 5.32 Å². The van der Waals surface area contributed by atoms with Gasteiger partial charge in [-0.15, -0.1) is 11.8 Å². The van der Waals surface area contributed by atoms with Gasteiger partial charge in [-0.1, -0.05) is 37.3 Å². The van der Waals surface area contributed by atoms with Crippen LogP contribution in [0.15, 0.2) is 40.9 Å². The van der Waals surface area contributed by atoms with Crippen LogP contribution in [0.3, 0.4) is 0 Å². The summed E-state index contributed by atoms with van der Waals surface area (Å²) < 4.78 is 0. The van der Waals surface area contributed by atoms with Crippen LogP contribution in [0.25, 0.3) is 0 Å². The van der Waals surface area contributed by atoms with Crippen molar-refractivity contribution in [3.63, 3.8) is 0 Å². The van der Waals surface area contributed by atoms with Crippen molar-refractivity contribution in [2.45, 2.75) is 19.3 Å². The number of allylic oxidation sites excluding steroid dienone is 1. The van der Waals surface area contributed by atoms with Gasteiger partial charge in [0.25, 0.3) is 0 Å². The van der Waals surface area contributed by atoms with Gasteiger partial charge in [0.2, 0.25) is 5.91 Å². The van der Waals surface area contributed by atoms with Gasteiger partial charge >= 0.3 is 0 Å². The Morgan fingerprint density at radius 1 is 1.44 bits per heavy atom. The lowest BCUT2D eigenvalue weighted by Gasteiger charge is -2.24. The van der Waals surface area contributed by atoms with Gasteiger partial charge in [0.1, 0.15) is 0 Å². The summed E-state index contributed by atoms with van der Waals surface area (Å²) >= 11 is 1.51. The highest BCUT2D eigenvalue weighted by Gasteiger charge is 2.28. The third-order valence-electron chi connectivity index (χ3n) is 2.85. The van der Waals surface area contributed by atoms with Crippen LogP contribution in [0.4, 0.5) is 0 Å². The van der Waals surface area contributed by atoms with Gasteiger partial charge in [0.05, 0.1) is 16.7 Å². The van der Waals surface area contributed by atoms with Crippen molar-refractivity contribution < 1.29 is 4.79 Å². The van der Waals surface area contributed by atoms with Crippen LogP contribution in [0.5, 0.6) is 0 Å². The molecule has 0 radical (unpaired) electrons. The molecule has 1 aliphatic rings. The monoisotopic (exact) mass is 258 g/mol. The van der Waals surface area contributed by atoms with Crippen molar-refractivity contribution in [2.75, 3.05) is 5.75 Å². The fourth-order valence-electron chi connectivity index (χ4n) is 2.05. The number of carbonyl (C=O) groups excluding carboxylic acids is 1. The van der Waals surface area contributed by atoms with Crippen LogP contribution < -0.4 is 5.32 Å². The van der Waals surface area contributed by atoms with Crippen molar-refractivity contribution in [3.05, 3.63) is 46.5 Å². The Morgan fingerprint density at radius 2 is 2.17 bits per heavy atom. The molecule has 0 aromatic heterocycles. The number of nitriles is 1. The normalized spacial score (nSPS) is 19.3. The number of thioether (sulfide) groups is 1. The number of benzene rings is 1. The molecule has 1 aromatic carbocycles. The second kappa shape index (κ2) is 5.74. The molecule has 1 heterocycles. The maximum absolute atomic E-state index is 11.7. The molecule has 1 atom stereocenters. The summed E-state index contributed by atoms with van der Waals surface area (Å²) in [5, 5.41) is 12.8. The van der Waals surface area contributed by atoms with Crippen molar-refractivity contribution in [1.29, 1.82) is 5.26 Å². The van der Waals surface area contributed by atoms with Crippen molar-refractivity contribution in [1.82, 2.24) is 5.32 Å². The Morgan fingerprint density at radius 3 is 2.78 bits per heavy atom. The average molecular weight is 258 g/mol. The van der Waals surface area contributed by atoms with E-state index in [1.165, 1.54) is 11.8 Å². The van der Waals surface area contributed by atoms with Gasteiger partial charge in [-0.3, -0.25) is 4.79 Å². The zero-order chi connectivity index (χ0) is 13.0. The number of hydrogen-bond acceptors (Lipinski definition) is 3. The first-order valence-corrected chi connectivity index (χ1v) is 6.86. The quantitative estimate of drug-likeness (QED) is 0.907. The molecule has 18 heavy (non-hydrogen) atoms. The summed E-state index contributed by atoms with van der Waals surface area (Å²) in [5.41, 5.74) is 1.70. The molecule has 0 bridgehead atoms. The van der Waals surface area contributed by atoms with Crippen molar-refractivity contribution in [3.8, 4) is 6.07 Å². The van der Waals surface area contributed by atoms with Crippen molar-refractivity contribution >= 4 is 17.7 Å². The van der Waals surface area contributed by atoms with Gasteiger partial charge in [-0.2, -0.15) is 5.26 Å². The van der Waals surface area contributed by atoms with E-state index in [-0.39, 0.29) is 11.8 Å². The van der Waals surface area contributed by atoms with Gasteiger partial charge in [-0.25, -0.2) is 0 Å². The molecule has 0 unspecified atom stereocenters. The standard InChI is InChI=1S/C14H14N2OS/c1-2-18-14-12(9-15)11(8-13(17)16-14)10-6-4-3-5-7-10/h3-7,11H,2,8H2,1H3,(H,16,17)/t11-/m0/s1. The highest BCUT2D eigenvalue weighted by Crippen LogP contribution is 2.35. The molecule has 0 fully saturated rings.